The lowest BCUT2D eigenvalue weighted by atomic mass is 10.1. The number of halogens is 2. The van der Waals surface area contributed by atoms with Crippen LogP contribution in [-0.2, 0) is 6.42 Å². The van der Waals surface area contributed by atoms with E-state index in [9.17, 15) is 23.2 Å². The summed E-state index contributed by atoms with van der Waals surface area (Å²) in [5.74, 6) is -3.58. The lowest BCUT2D eigenvalue weighted by molar-refractivity contribution is 0.0656. The standard InChI is InChI=1S/C23H16F2N2O3/c24-19-9-7-16(13-20(19)25)26-21(28)15-6-8-17-18(12-15)23(30)27(22(17)29)11-10-14-4-2-1-3-5-14/h1-9,12-13H,10-11H2,(H,26,28). The Kier molecular flexibility index (Phi) is 5.10. The molecule has 1 aliphatic rings. The van der Waals surface area contributed by atoms with E-state index in [1.807, 2.05) is 30.3 Å². The number of rotatable bonds is 5. The van der Waals surface area contributed by atoms with Crippen LogP contribution < -0.4 is 5.32 Å². The average molecular weight is 406 g/mol. The van der Waals surface area contributed by atoms with Crippen molar-refractivity contribution in [3.8, 4) is 0 Å². The molecule has 30 heavy (non-hydrogen) atoms. The van der Waals surface area contributed by atoms with Gasteiger partial charge in [0.15, 0.2) is 11.6 Å². The van der Waals surface area contributed by atoms with Crippen LogP contribution in [0.15, 0.2) is 66.7 Å². The van der Waals surface area contributed by atoms with Crippen molar-refractivity contribution in [1.82, 2.24) is 4.90 Å². The van der Waals surface area contributed by atoms with Crippen molar-refractivity contribution in [2.45, 2.75) is 6.42 Å². The number of nitrogens with one attached hydrogen (secondary N) is 1. The van der Waals surface area contributed by atoms with E-state index in [1.54, 1.807) is 0 Å². The first-order chi connectivity index (χ1) is 14.4. The quantitative estimate of drug-likeness (QED) is 0.650. The Morgan fingerprint density at radius 1 is 0.833 bits per heavy atom. The highest BCUT2D eigenvalue weighted by Gasteiger charge is 2.35. The molecule has 0 bridgehead atoms. The third-order valence-corrected chi connectivity index (χ3v) is 4.88. The summed E-state index contributed by atoms with van der Waals surface area (Å²) in [5.41, 5.74) is 1.58. The zero-order chi connectivity index (χ0) is 21.3. The lowest BCUT2D eigenvalue weighted by Crippen LogP contribution is -2.31. The minimum absolute atomic E-state index is 0.0753. The molecule has 1 aliphatic heterocycles. The van der Waals surface area contributed by atoms with Gasteiger partial charge in [0.05, 0.1) is 11.1 Å². The number of imide groups is 1. The molecule has 1 heterocycles. The van der Waals surface area contributed by atoms with Gasteiger partial charge in [0.2, 0.25) is 0 Å². The fraction of sp³-hybridized carbons (Fsp3) is 0.0870. The molecule has 150 valence electrons. The van der Waals surface area contributed by atoms with Crippen LogP contribution in [0.4, 0.5) is 14.5 Å². The second-order valence-corrected chi connectivity index (χ2v) is 6.84. The summed E-state index contributed by atoms with van der Waals surface area (Å²) in [6, 6.07) is 16.7. The number of nitrogens with zero attached hydrogens (tertiary/aromatic N) is 1. The maximum absolute atomic E-state index is 13.3. The molecular weight excluding hydrogens is 390 g/mol. The Hall–Kier alpha value is -3.87. The number of carbonyl (C=O) groups is 3. The van der Waals surface area contributed by atoms with E-state index in [1.165, 1.54) is 24.3 Å². The Balaban J connectivity index is 1.51. The molecule has 0 radical (unpaired) electrons. The highest BCUT2D eigenvalue weighted by Crippen LogP contribution is 2.25. The highest BCUT2D eigenvalue weighted by atomic mass is 19.2. The van der Waals surface area contributed by atoms with Crippen LogP contribution in [0.1, 0.15) is 36.6 Å². The van der Waals surface area contributed by atoms with E-state index in [4.69, 9.17) is 0 Å². The van der Waals surface area contributed by atoms with Crippen molar-refractivity contribution in [2.75, 3.05) is 11.9 Å². The van der Waals surface area contributed by atoms with Crippen molar-refractivity contribution in [3.63, 3.8) is 0 Å². The number of benzene rings is 3. The molecule has 3 aromatic carbocycles. The van der Waals surface area contributed by atoms with E-state index in [0.717, 1.165) is 22.6 Å². The van der Waals surface area contributed by atoms with Crippen LogP contribution in [0.25, 0.3) is 0 Å². The largest absolute Gasteiger partial charge is 0.322 e. The number of fused-ring (bicyclic) bond motifs is 1. The van der Waals surface area contributed by atoms with Crippen LogP contribution in [0, 0.1) is 11.6 Å². The van der Waals surface area contributed by atoms with Gasteiger partial charge in [0, 0.05) is 23.9 Å². The van der Waals surface area contributed by atoms with E-state index in [-0.39, 0.29) is 28.9 Å². The smallest absolute Gasteiger partial charge is 0.261 e. The first-order valence-electron chi connectivity index (χ1n) is 9.24. The van der Waals surface area contributed by atoms with Crippen LogP contribution >= 0.6 is 0 Å². The van der Waals surface area contributed by atoms with E-state index in [0.29, 0.717) is 6.42 Å². The Morgan fingerprint density at radius 2 is 1.57 bits per heavy atom. The summed E-state index contributed by atoms with van der Waals surface area (Å²) < 4.78 is 26.4. The lowest BCUT2D eigenvalue weighted by Gasteiger charge is -2.13. The third kappa shape index (κ3) is 3.69. The number of hydrogen-bond acceptors (Lipinski definition) is 3. The molecule has 0 spiro atoms. The minimum atomic E-state index is -1.09. The maximum atomic E-state index is 13.3. The van der Waals surface area contributed by atoms with Gasteiger partial charge in [-0.25, -0.2) is 8.78 Å². The van der Waals surface area contributed by atoms with E-state index >= 15 is 0 Å². The van der Waals surface area contributed by atoms with Crippen LogP contribution in [-0.4, -0.2) is 29.2 Å². The van der Waals surface area contributed by atoms with Gasteiger partial charge in [0.1, 0.15) is 0 Å². The van der Waals surface area contributed by atoms with Crippen LogP contribution in [0.3, 0.4) is 0 Å². The zero-order valence-corrected chi connectivity index (χ0v) is 15.7. The summed E-state index contributed by atoms with van der Waals surface area (Å²) in [4.78, 5) is 38.9. The molecule has 0 fully saturated rings. The SMILES string of the molecule is O=C(Nc1ccc(F)c(F)c1)c1ccc2c(c1)C(=O)N(CCc1ccccc1)C2=O. The molecule has 0 saturated heterocycles. The van der Waals surface area contributed by atoms with Gasteiger partial charge in [-0.05, 0) is 42.3 Å². The second kappa shape index (κ2) is 7.87. The van der Waals surface area contributed by atoms with Gasteiger partial charge in [-0.15, -0.1) is 0 Å². The summed E-state index contributed by atoms with van der Waals surface area (Å²) >= 11 is 0. The van der Waals surface area contributed by atoms with Crippen molar-refractivity contribution < 1.29 is 23.2 Å². The third-order valence-electron chi connectivity index (χ3n) is 4.88. The van der Waals surface area contributed by atoms with Gasteiger partial charge < -0.3 is 5.32 Å². The van der Waals surface area contributed by atoms with E-state index < -0.39 is 29.4 Å². The van der Waals surface area contributed by atoms with Gasteiger partial charge in [-0.2, -0.15) is 0 Å². The normalized spacial score (nSPS) is 12.8. The molecule has 4 rings (SSSR count). The van der Waals surface area contributed by atoms with Crippen LogP contribution in [0.2, 0.25) is 0 Å². The Morgan fingerprint density at radius 3 is 2.30 bits per heavy atom. The molecular formula is C23H16F2N2O3. The highest BCUT2D eigenvalue weighted by molar-refractivity contribution is 6.22. The fourth-order valence-electron chi connectivity index (χ4n) is 3.30. The maximum Gasteiger partial charge on any atom is 0.261 e. The molecule has 0 aliphatic carbocycles. The number of amides is 3. The monoisotopic (exact) mass is 406 g/mol. The van der Waals surface area contributed by atoms with Gasteiger partial charge in [-0.1, -0.05) is 30.3 Å². The molecule has 0 unspecified atom stereocenters. The van der Waals surface area contributed by atoms with Gasteiger partial charge >= 0.3 is 0 Å². The molecule has 0 atom stereocenters. The molecule has 7 heteroatoms. The summed E-state index contributed by atoms with van der Waals surface area (Å²) in [7, 11) is 0. The zero-order valence-electron chi connectivity index (χ0n) is 15.7. The number of anilines is 1. The fourth-order valence-corrected chi connectivity index (χ4v) is 3.30. The van der Waals surface area contributed by atoms with Gasteiger partial charge in [-0.3, -0.25) is 19.3 Å². The second-order valence-electron chi connectivity index (χ2n) is 6.84. The topological polar surface area (TPSA) is 66.5 Å². The van der Waals surface area contributed by atoms with Crippen molar-refractivity contribution in [3.05, 3.63) is 101 Å². The number of carbonyl (C=O) groups excluding carboxylic acids is 3. The average Bonchev–Trinajstić information content (AvgIpc) is 2.99. The summed E-state index contributed by atoms with van der Waals surface area (Å²) in [6.07, 6.45) is 0.524. The van der Waals surface area contributed by atoms with E-state index in [2.05, 4.69) is 5.32 Å². The molecule has 0 saturated carbocycles. The Bertz CT molecular complexity index is 1160. The Labute approximate surface area is 170 Å². The van der Waals surface area contributed by atoms with Gasteiger partial charge in [0.25, 0.3) is 17.7 Å². The summed E-state index contributed by atoms with van der Waals surface area (Å²) in [6.45, 7) is 0.229. The first kappa shape index (κ1) is 19.4. The first-order valence-corrected chi connectivity index (χ1v) is 9.24. The minimum Gasteiger partial charge on any atom is -0.322 e. The van der Waals surface area contributed by atoms with Crippen molar-refractivity contribution in [2.24, 2.45) is 0 Å². The molecule has 3 aromatic rings. The molecule has 5 nitrogen and oxygen atoms in total. The molecule has 3 amide bonds. The number of hydrogen-bond donors (Lipinski definition) is 1. The molecule has 1 N–H and O–H groups in total. The predicted octanol–water partition coefficient (Wildman–Crippen LogP) is 4.06. The molecule has 0 aromatic heterocycles. The predicted molar refractivity (Wildman–Crippen MR) is 106 cm³/mol. The van der Waals surface area contributed by atoms with Crippen molar-refractivity contribution in [1.29, 1.82) is 0 Å². The van der Waals surface area contributed by atoms with Crippen LogP contribution in [0.5, 0.6) is 0 Å². The van der Waals surface area contributed by atoms with Crippen molar-refractivity contribution >= 4 is 23.4 Å². The summed E-state index contributed by atoms with van der Waals surface area (Å²) in [5, 5.41) is 2.45.